The van der Waals surface area contributed by atoms with E-state index in [-0.39, 0.29) is 22.7 Å². The fourth-order valence-corrected chi connectivity index (χ4v) is 6.36. The Morgan fingerprint density at radius 1 is 1.05 bits per heavy atom. The van der Waals surface area contributed by atoms with Gasteiger partial charge in [-0.25, -0.2) is 9.59 Å². The van der Waals surface area contributed by atoms with Crippen LogP contribution in [-0.2, 0) is 29.3 Å². The Kier molecular flexibility index (Phi) is 6.65. The van der Waals surface area contributed by atoms with Crippen LogP contribution < -0.4 is 20.3 Å². The number of carbonyl (C=O) groups excluding carboxylic acids is 3. The number of nitriles is 1. The molecule has 1 spiro atoms. The molecular weight excluding hydrogens is 536 g/mol. The van der Waals surface area contributed by atoms with Gasteiger partial charge in [-0.15, -0.1) is 0 Å². The smallest absolute Gasteiger partial charge is 0.355 e. The van der Waals surface area contributed by atoms with Crippen molar-refractivity contribution in [2.24, 2.45) is 5.73 Å². The van der Waals surface area contributed by atoms with Crippen molar-refractivity contribution in [3.05, 3.63) is 81.8 Å². The van der Waals surface area contributed by atoms with Gasteiger partial charge in [0.15, 0.2) is 0 Å². The van der Waals surface area contributed by atoms with E-state index in [1.54, 1.807) is 35.2 Å². The summed E-state index contributed by atoms with van der Waals surface area (Å²) in [6.07, 6.45) is 1.94. The molecule has 2 N–H and O–H groups in total. The highest BCUT2D eigenvalue weighted by Crippen LogP contribution is 2.60. The average Bonchev–Trinajstić information content (AvgIpc) is 3.21. The summed E-state index contributed by atoms with van der Waals surface area (Å²) in [6, 6.07) is 12.6. The summed E-state index contributed by atoms with van der Waals surface area (Å²) in [5, 5.41) is 10.8. The van der Waals surface area contributed by atoms with Crippen LogP contribution in [0.5, 0.6) is 5.75 Å². The molecule has 2 aromatic carbocycles. The normalized spacial score (nSPS) is 20.3. The van der Waals surface area contributed by atoms with Gasteiger partial charge in [0, 0.05) is 16.8 Å². The van der Waals surface area contributed by atoms with E-state index in [9.17, 15) is 14.9 Å². The molecule has 216 valence electrons. The van der Waals surface area contributed by atoms with E-state index in [0.717, 1.165) is 25.4 Å². The van der Waals surface area contributed by atoms with Gasteiger partial charge < -0.3 is 24.8 Å². The number of aryl methyl sites for hydroxylation is 1. The number of allylic oxidation sites excluding steroid dienone is 1. The van der Waals surface area contributed by atoms with Gasteiger partial charge in [0.1, 0.15) is 28.8 Å². The minimum atomic E-state index is -2.14. The van der Waals surface area contributed by atoms with Crippen LogP contribution in [0.1, 0.15) is 44.4 Å². The number of anilines is 2. The molecule has 2 aromatic rings. The molecule has 1 atom stereocenters. The molecule has 42 heavy (non-hydrogen) atoms. The van der Waals surface area contributed by atoms with Crippen molar-refractivity contribution in [3.63, 3.8) is 0 Å². The third kappa shape index (κ3) is 3.66. The lowest BCUT2D eigenvalue weighted by atomic mass is 9.66. The maximum absolute atomic E-state index is 15.0. The summed E-state index contributed by atoms with van der Waals surface area (Å²) >= 11 is 0. The fourth-order valence-electron chi connectivity index (χ4n) is 6.36. The topological polar surface area (TPSA) is 135 Å². The molecule has 1 amide bonds. The fraction of sp³-hybridized carbons (Fsp3) is 0.312. The Balaban J connectivity index is 2.02. The Hall–Kier alpha value is -5.04. The number of nitrogens with two attached hydrogens (primary N) is 1. The van der Waals surface area contributed by atoms with Crippen molar-refractivity contribution in [1.29, 1.82) is 5.26 Å². The van der Waals surface area contributed by atoms with Gasteiger partial charge in [0.05, 0.1) is 43.2 Å². The van der Waals surface area contributed by atoms with Crippen LogP contribution in [0.3, 0.4) is 0 Å². The van der Waals surface area contributed by atoms with Crippen molar-refractivity contribution in [3.8, 4) is 11.8 Å². The molecule has 10 nitrogen and oxygen atoms in total. The highest BCUT2D eigenvalue weighted by atomic mass is 16.5. The first kappa shape index (κ1) is 28.5. The zero-order valence-corrected chi connectivity index (χ0v) is 24.6. The van der Waals surface area contributed by atoms with Gasteiger partial charge in [-0.3, -0.25) is 9.69 Å². The number of rotatable bonds is 5. The van der Waals surface area contributed by atoms with Crippen molar-refractivity contribution >= 4 is 34.8 Å². The van der Waals surface area contributed by atoms with E-state index in [4.69, 9.17) is 19.9 Å². The molecule has 10 heteroatoms. The molecule has 0 aliphatic carbocycles. The van der Waals surface area contributed by atoms with E-state index in [1.165, 1.54) is 4.90 Å². The summed E-state index contributed by atoms with van der Waals surface area (Å²) in [5.41, 5.74) is 6.54. The maximum Gasteiger partial charge on any atom is 0.355 e. The Morgan fingerprint density at radius 3 is 2.26 bits per heavy atom. The monoisotopic (exact) mass is 568 g/mol. The first-order valence-corrected chi connectivity index (χ1v) is 13.4. The minimum absolute atomic E-state index is 0.194. The molecule has 3 heterocycles. The number of hydrogen-bond acceptors (Lipinski definition) is 9. The third-order valence-electron chi connectivity index (χ3n) is 8.00. The lowest BCUT2D eigenvalue weighted by Gasteiger charge is -2.42. The van der Waals surface area contributed by atoms with E-state index in [0.29, 0.717) is 34.9 Å². The van der Waals surface area contributed by atoms with E-state index < -0.39 is 28.8 Å². The van der Waals surface area contributed by atoms with Crippen LogP contribution in [0, 0.1) is 18.3 Å². The standard InChI is InChI=1S/C32H32N4O6/c1-8-42-20-13-21-18(3)15-31(4,5)36-25(21)22(14-20)32(30(36)39)23(16-33)27(34)35(19-11-9-17(2)10-12-19)26(29(38)41-7)24(32)28(37)40-6/h9-15H,8,34H2,1-7H3. The van der Waals surface area contributed by atoms with Crippen molar-refractivity contribution in [1.82, 2.24) is 0 Å². The number of ether oxygens (including phenoxy) is 3. The number of carbonyl (C=O) groups is 3. The first-order chi connectivity index (χ1) is 19.9. The number of methoxy groups -OCH3 is 2. The Labute approximate surface area is 244 Å². The number of amides is 1. The number of fused-ring (bicyclic) bond motifs is 1. The molecule has 0 saturated heterocycles. The van der Waals surface area contributed by atoms with Crippen LogP contribution in [-0.4, -0.2) is 44.2 Å². The molecule has 3 aliphatic rings. The van der Waals surface area contributed by atoms with Crippen LogP contribution in [0.15, 0.2) is 65.1 Å². The number of benzene rings is 2. The van der Waals surface area contributed by atoms with E-state index in [2.05, 4.69) is 6.07 Å². The van der Waals surface area contributed by atoms with Crippen LogP contribution in [0.4, 0.5) is 11.4 Å². The summed E-state index contributed by atoms with van der Waals surface area (Å²) in [7, 11) is 2.31. The largest absolute Gasteiger partial charge is 0.494 e. The van der Waals surface area contributed by atoms with Crippen LogP contribution in [0.25, 0.3) is 5.57 Å². The maximum atomic E-state index is 15.0. The lowest BCUT2D eigenvalue weighted by Crippen LogP contribution is -2.56. The summed E-state index contributed by atoms with van der Waals surface area (Å²) in [6.45, 7) is 9.69. The van der Waals surface area contributed by atoms with Gasteiger partial charge in [0.25, 0.3) is 0 Å². The quantitative estimate of drug-likeness (QED) is 0.531. The number of hydrogen-bond donors (Lipinski definition) is 1. The molecule has 0 bridgehead atoms. The van der Waals surface area contributed by atoms with Crippen molar-refractivity contribution in [2.45, 2.75) is 45.6 Å². The van der Waals surface area contributed by atoms with Gasteiger partial charge >= 0.3 is 11.9 Å². The lowest BCUT2D eigenvalue weighted by molar-refractivity contribution is -0.140. The Morgan fingerprint density at radius 2 is 1.69 bits per heavy atom. The second-order valence-corrected chi connectivity index (χ2v) is 10.9. The zero-order chi connectivity index (χ0) is 30.7. The van der Waals surface area contributed by atoms with Crippen LogP contribution >= 0.6 is 0 Å². The molecule has 1 unspecified atom stereocenters. The summed E-state index contributed by atoms with van der Waals surface area (Å²) in [5.74, 6) is -2.31. The number of nitrogens with zero attached hydrogens (tertiary/aromatic N) is 3. The average molecular weight is 569 g/mol. The molecular formula is C32H32N4O6. The third-order valence-corrected chi connectivity index (χ3v) is 8.00. The van der Waals surface area contributed by atoms with Crippen LogP contribution in [0.2, 0.25) is 0 Å². The van der Waals surface area contributed by atoms with E-state index in [1.807, 2.05) is 46.8 Å². The molecule has 5 rings (SSSR count). The zero-order valence-electron chi connectivity index (χ0n) is 24.6. The van der Waals surface area contributed by atoms with E-state index >= 15 is 4.79 Å². The predicted molar refractivity (Wildman–Crippen MR) is 156 cm³/mol. The second-order valence-electron chi connectivity index (χ2n) is 10.9. The molecule has 0 radical (unpaired) electrons. The van der Waals surface area contributed by atoms with Gasteiger partial charge in [-0.2, -0.15) is 5.26 Å². The van der Waals surface area contributed by atoms with Crippen molar-refractivity contribution in [2.75, 3.05) is 30.6 Å². The number of esters is 2. The first-order valence-electron chi connectivity index (χ1n) is 13.4. The van der Waals surface area contributed by atoms with Gasteiger partial charge in [-0.05, 0) is 64.5 Å². The highest BCUT2D eigenvalue weighted by molar-refractivity contribution is 6.23. The second kappa shape index (κ2) is 9.80. The highest BCUT2D eigenvalue weighted by Gasteiger charge is 2.66. The summed E-state index contributed by atoms with van der Waals surface area (Å²) < 4.78 is 16.3. The predicted octanol–water partition coefficient (Wildman–Crippen LogP) is 3.99. The van der Waals surface area contributed by atoms with Crippen molar-refractivity contribution < 1.29 is 28.6 Å². The SMILES string of the molecule is CCOc1cc2c3c(c1)C1(C(=O)N3C(C)(C)C=C2C)C(C#N)=C(N)N(c2ccc(C)cc2)C(C(=O)OC)=C1C(=O)OC. The molecule has 0 saturated carbocycles. The minimum Gasteiger partial charge on any atom is -0.494 e. The molecule has 3 aliphatic heterocycles. The molecule has 0 aromatic heterocycles. The Bertz CT molecular complexity index is 1690. The molecule has 0 fully saturated rings. The summed E-state index contributed by atoms with van der Waals surface area (Å²) in [4.78, 5) is 45.5. The van der Waals surface area contributed by atoms with Gasteiger partial charge in [0.2, 0.25) is 5.91 Å². The van der Waals surface area contributed by atoms with Gasteiger partial charge in [-0.1, -0.05) is 23.8 Å².